The SMILES string of the molecule is CCCN(CCC)c1nc(OCc2ccc(OC)c(O)c2)nc2[nH]c(NC3=CC=C(C)CC3)nc12. The van der Waals surface area contributed by atoms with Crippen molar-refractivity contribution >= 4 is 22.9 Å². The van der Waals surface area contributed by atoms with Gasteiger partial charge in [-0.25, -0.2) is 4.98 Å². The van der Waals surface area contributed by atoms with Gasteiger partial charge >= 0.3 is 6.01 Å². The highest BCUT2D eigenvalue weighted by Crippen LogP contribution is 2.29. The maximum atomic E-state index is 10.1. The van der Waals surface area contributed by atoms with Crippen LogP contribution in [-0.2, 0) is 6.61 Å². The Morgan fingerprint density at radius 2 is 1.89 bits per heavy atom. The van der Waals surface area contributed by atoms with Gasteiger partial charge in [0.1, 0.15) is 6.61 Å². The number of H-pyrrole nitrogens is 1. The van der Waals surface area contributed by atoms with Gasteiger partial charge in [-0.05, 0) is 56.4 Å². The van der Waals surface area contributed by atoms with E-state index in [1.165, 1.54) is 12.7 Å². The third-order valence-electron chi connectivity index (χ3n) is 5.84. The first kappa shape index (κ1) is 24.4. The van der Waals surface area contributed by atoms with Crippen LogP contribution in [0.25, 0.3) is 11.2 Å². The highest BCUT2D eigenvalue weighted by molar-refractivity contribution is 5.85. The van der Waals surface area contributed by atoms with Crippen LogP contribution in [0, 0.1) is 0 Å². The van der Waals surface area contributed by atoms with Gasteiger partial charge in [0, 0.05) is 18.8 Å². The summed E-state index contributed by atoms with van der Waals surface area (Å²) < 4.78 is 11.1. The van der Waals surface area contributed by atoms with Crippen LogP contribution >= 0.6 is 0 Å². The number of hydrogen-bond donors (Lipinski definition) is 3. The van der Waals surface area contributed by atoms with E-state index in [1.807, 2.05) is 6.07 Å². The average Bonchev–Trinajstić information content (AvgIpc) is 3.26. The molecular formula is C26H34N6O3. The van der Waals surface area contributed by atoms with Crippen LogP contribution in [0.15, 0.2) is 41.6 Å². The van der Waals surface area contributed by atoms with E-state index in [1.54, 1.807) is 12.1 Å². The third kappa shape index (κ3) is 5.85. The van der Waals surface area contributed by atoms with Crippen LogP contribution in [0.1, 0.15) is 52.0 Å². The van der Waals surface area contributed by atoms with Crippen LogP contribution in [0.2, 0.25) is 0 Å². The number of aromatic hydroxyl groups is 1. The van der Waals surface area contributed by atoms with Gasteiger partial charge in [0.25, 0.3) is 0 Å². The molecule has 0 atom stereocenters. The minimum atomic E-state index is 0.0640. The lowest BCUT2D eigenvalue weighted by Gasteiger charge is -2.23. The van der Waals surface area contributed by atoms with Crippen molar-refractivity contribution < 1.29 is 14.6 Å². The highest BCUT2D eigenvalue weighted by atomic mass is 16.5. The minimum Gasteiger partial charge on any atom is -0.504 e. The summed E-state index contributed by atoms with van der Waals surface area (Å²) in [6.45, 7) is 8.37. The smallest absolute Gasteiger partial charge is 0.320 e. The van der Waals surface area contributed by atoms with E-state index in [2.05, 4.69) is 53.1 Å². The summed E-state index contributed by atoms with van der Waals surface area (Å²) in [6, 6.07) is 5.41. The van der Waals surface area contributed by atoms with Crippen LogP contribution < -0.4 is 19.7 Å². The molecule has 0 aliphatic heterocycles. The van der Waals surface area contributed by atoms with Crippen LogP contribution in [0.4, 0.5) is 11.8 Å². The second-order valence-corrected chi connectivity index (χ2v) is 8.72. The number of imidazole rings is 1. The van der Waals surface area contributed by atoms with Gasteiger partial charge in [-0.2, -0.15) is 9.97 Å². The third-order valence-corrected chi connectivity index (χ3v) is 5.84. The largest absolute Gasteiger partial charge is 0.504 e. The summed E-state index contributed by atoms with van der Waals surface area (Å²) in [5, 5.41) is 13.5. The van der Waals surface area contributed by atoms with Crippen molar-refractivity contribution in [3.8, 4) is 17.5 Å². The molecule has 3 aromatic rings. The molecule has 35 heavy (non-hydrogen) atoms. The molecule has 3 N–H and O–H groups in total. The molecule has 1 aromatic carbocycles. The molecule has 9 nitrogen and oxygen atoms in total. The standard InChI is InChI=1S/C26H34N6O3/c1-5-13-32(14-6-2)24-22-23(29-25(28-22)27-19-10-7-17(3)8-11-19)30-26(31-24)35-16-18-9-12-21(34-4)20(33)15-18/h7,9-10,12,15,33H,5-6,8,11,13-14,16H2,1-4H3,(H2,27,28,29,30,31). The Morgan fingerprint density at radius 3 is 2.54 bits per heavy atom. The van der Waals surface area contributed by atoms with Gasteiger partial charge in [0.05, 0.1) is 7.11 Å². The number of aromatic nitrogens is 4. The normalized spacial score (nSPS) is 13.4. The summed E-state index contributed by atoms with van der Waals surface area (Å²) in [5.74, 6) is 1.87. The van der Waals surface area contributed by atoms with Crippen molar-refractivity contribution in [1.82, 2.24) is 19.9 Å². The van der Waals surface area contributed by atoms with Gasteiger partial charge in [0.15, 0.2) is 28.5 Å². The number of nitrogens with one attached hydrogen (secondary N) is 2. The van der Waals surface area contributed by atoms with E-state index < -0.39 is 0 Å². The van der Waals surface area contributed by atoms with Gasteiger partial charge in [-0.1, -0.05) is 31.6 Å². The van der Waals surface area contributed by atoms with Crippen LogP contribution in [0.3, 0.4) is 0 Å². The van der Waals surface area contributed by atoms with Crippen molar-refractivity contribution in [1.29, 1.82) is 0 Å². The predicted octanol–water partition coefficient (Wildman–Crippen LogP) is 5.31. The molecule has 4 rings (SSSR count). The zero-order valence-electron chi connectivity index (χ0n) is 20.9. The Balaban J connectivity index is 1.64. The Bertz CT molecular complexity index is 1230. The Labute approximate surface area is 205 Å². The summed E-state index contributed by atoms with van der Waals surface area (Å²) in [4.78, 5) is 19.7. The summed E-state index contributed by atoms with van der Waals surface area (Å²) in [7, 11) is 1.52. The van der Waals surface area contributed by atoms with Gasteiger partial charge in [0.2, 0.25) is 5.95 Å². The first-order valence-electron chi connectivity index (χ1n) is 12.2. The zero-order valence-corrected chi connectivity index (χ0v) is 20.9. The lowest BCUT2D eigenvalue weighted by atomic mass is 10.0. The summed E-state index contributed by atoms with van der Waals surface area (Å²) in [5.41, 5.74) is 4.60. The molecule has 0 amide bonds. The van der Waals surface area contributed by atoms with E-state index >= 15 is 0 Å². The molecule has 2 aromatic heterocycles. The highest BCUT2D eigenvalue weighted by Gasteiger charge is 2.19. The Kier molecular flexibility index (Phi) is 7.74. The maximum Gasteiger partial charge on any atom is 0.320 e. The monoisotopic (exact) mass is 478 g/mol. The molecule has 0 saturated heterocycles. The molecule has 1 aliphatic carbocycles. The first-order chi connectivity index (χ1) is 17.0. The number of aromatic amines is 1. The zero-order chi connectivity index (χ0) is 24.8. The van der Waals surface area contributed by atoms with Gasteiger partial charge in [-0.15, -0.1) is 0 Å². The number of allylic oxidation sites excluding steroid dienone is 4. The van der Waals surface area contributed by atoms with Crippen molar-refractivity contribution in [2.24, 2.45) is 0 Å². The van der Waals surface area contributed by atoms with E-state index in [0.29, 0.717) is 22.9 Å². The van der Waals surface area contributed by atoms with Gasteiger partial charge in [-0.3, -0.25) is 0 Å². The van der Waals surface area contributed by atoms with E-state index in [-0.39, 0.29) is 18.4 Å². The van der Waals surface area contributed by atoms with Crippen LogP contribution in [-0.4, -0.2) is 45.2 Å². The number of hydrogen-bond acceptors (Lipinski definition) is 8. The first-order valence-corrected chi connectivity index (χ1v) is 12.2. The molecule has 0 bridgehead atoms. The molecule has 1 aliphatic rings. The molecule has 0 radical (unpaired) electrons. The van der Waals surface area contributed by atoms with Crippen molar-refractivity contribution in [2.75, 3.05) is 30.4 Å². The number of anilines is 2. The molecule has 0 spiro atoms. The number of fused-ring (bicyclic) bond motifs is 1. The lowest BCUT2D eigenvalue weighted by molar-refractivity contribution is 0.281. The fourth-order valence-electron chi connectivity index (χ4n) is 4.04. The Morgan fingerprint density at radius 1 is 1.09 bits per heavy atom. The second kappa shape index (κ2) is 11.1. The molecule has 0 saturated carbocycles. The maximum absolute atomic E-state index is 10.1. The number of phenolic OH excluding ortho intramolecular Hbond substituents is 1. The molecule has 9 heteroatoms. The number of nitrogens with zero attached hydrogens (tertiary/aromatic N) is 4. The van der Waals surface area contributed by atoms with Crippen molar-refractivity contribution in [2.45, 2.75) is 53.1 Å². The van der Waals surface area contributed by atoms with E-state index in [9.17, 15) is 5.11 Å². The number of ether oxygens (including phenoxy) is 2. The van der Waals surface area contributed by atoms with E-state index in [4.69, 9.17) is 19.4 Å². The average molecular weight is 479 g/mol. The minimum absolute atomic E-state index is 0.0640. The van der Waals surface area contributed by atoms with Crippen molar-refractivity contribution in [3.63, 3.8) is 0 Å². The molecule has 0 unspecified atom stereocenters. The van der Waals surface area contributed by atoms with Gasteiger partial charge < -0.3 is 29.8 Å². The summed E-state index contributed by atoms with van der Waals surface area (Å²) >= 11 is 0. The number of benzene rings is 1. The van der Waals surface area contributed by atoms with Crippen LogP contribution in [0.5, 0.6) is 17.5 Å². The summed E-state index contributed by atoms with van der Waals surface area (Å²) in [6.07, 6.45) is 8.18. The predicted molar refractivity (Wildman–Crippen MR) is 138 cm³/mol. The van der Waals surface area contributed by atoms with E-state index in [0.717, 1.165) is 55.9 Å². The number of rotatable bonds is 11. The molecule has 2 heterocycles. The fourth-order valence-corrected chi connectivity index (χ4v) is 4.04. The Hall–Kier alpha value is -3.75. The molecule has 186 valence electrons. The molecule has 0 fully saturated rings. The molecular weight excluding hydrogens is 444 g/mol. The number of methoxy groups -OCH3 is 1. The number of phenols is 1. The second-order valence-electron chi connectivity index (χ2n) is 8.72. The lowest BCUT2D eigenvalue weighted by Crippen LogP contribution is -2.26. The van der Waals surface area contributed by atoms with Crippen molar-refractivity contribution in [3.05, 3.63) is 47.2 Å². The quantitative estimate of drug-likeness (QED) is 0.340. The topological polar surface area (TPSA) is 108 Å². The fraction of sp³-hybridized carbons (Fsp3) is 0.423.